The fourth-order valence-electron chi connectivity index (χ4n) is 3.75. The minimum Gasteiger partial charge on any atom is -0.468 e. The summed E-state index contributed by atoms with van der Waals surface area (Å²) in [6.45, 7) is 3.22. The smallest absolute Gasteiger partial charge is 0.323 e. The van der Waals surface area contributed by atoms with Crippen molar-refractivity contribution in [3.05, 3.63) is 70.2 Å². The Kier molecular flexibility index (Phi) is 7.29. The van der Waals surface area contributed by atoms with Gasteiger partial charge in [-0.2, -0.15) is 0 Å². The highest BCUT2D eigenvalue weighted by atomic mass is 35.5. The molecule has 29 heavy (non-hydrogen) atoms. The largest absolute Gasteiger partial charge is 0.468 e. The van der Waals surface area contributed by atoms with E-state index in [1.54, 1.807) is 0 Å². The summed E-state index contributed by atoms with van der Waals surface area (Å²) < 4.78 is 4.97. The van der Waals surface area contributed by atoms with E-state index in [1.807, 2.05) is 36.1 Å². The lowest BCUT2D eigenvalue weighted by Gasteiger charge is -2.22. The molecule has 0 aliphatic carbocycles. The standard InChI is InChI=1S/C23H27ClN2O3/c1-16-6-8-17(9-7-16)10-11-22(27)25-20-13-21(23(28)29-2)26(15-20)14-18-4-3-5-19(24)12-18/h3-9,12,20-21H,10-11,13-15H2,1-2H3,(H,25,27)/t20-,21+/m1/s1. The molecule has 5 nitrogen and oxygen atoms in total. The highest BCUT2D eigenvalue weighted by molar-refractivity contribution is 6.30. The average Bonchev–Trinajstić information content (AvgIpc) is 3.09. The van der Waals surface area contributed by atoms with E-state index in [9.17, 15) is 9.59 Å². The van der Waals surface area contributed by atoms with Gasteiger partial charge in [0.1, 0.15) is 6.04 Å². The van der Waals surface area contributed by atoms with Crippen molar-refractivity contribution in [1.29, 1.82) is 0 Å². The summed E-state index contributed by atoms with van der Waals surface area (Å²) in [5.41, 5.74) is 3.38. The van der Waals surface area contributed by atoms with E-state index in [1.165, 1.54) is 12.7 Å². The molecule has 2 atom stereocenters. The fraction of sp³-hybridized carbons (Fsp3) is 0.391. The van der Waals surface area contributed by atoms with Crippen molar-refractivity contribution in [3.8, 4) is 0 Å². The van der Waals surface area contributed by atoms with Crippen LogP contribution < -0.4 is 5.32 Å². The molecule has 0 unspecified atom stereocenters. The summed E-state index contributed by atoms with van der Waals surface area (Å²) in [5, 5.41) is 3.75. The molecule has 3 rings (SSSR count). The summed E-state index contributed by atoms with van der Waals surface area (Å²) in [7, 11) is 1.40. The summed E-state index contributed by atoms with van der Waals surface area (Å²) in [4.78, 5) is 26.7. The third-order valence-electron chi connectivity index (χ3n) is 5.28. The van der Waals surface area contributed by atoms with Gasteiger partial charge in [-0.3, -0.25) is 14.5 Å². The molecule has 1 aliphatic rings. The first-order valence-corrected chi connectivity index (χ1v) is 10.2. The predicted molar refractivity (Wildman–Crippen MR) is 114 cm³/mol. The highest BCUT2D eigenvalue weighted by Crippen LogP contribution is 2.23. The summed E-state index contributed by atoms with van der Waals surface area (Å²) in [6.07, 6.45) is 1.67. The van der Waals surface area contributed by atoms with Gasteiger partial charge in [-0.15, -0.1) is 0 Å². The Labute approximate surface area is 177 Å². The monoisotopic (exact) mass is 414 g/mol. The Bertz CT molecular complexity index is 853. The van der Waals surface area contributed by atoms with Gasteiger partial charge in [0.25, 0.3) is 0 Å². The van der Waals surface area contributed by atoms with Gasteiger partial charge in [0.2, 0.25) is 5.91 Å². The number of carbonyl (C=O) groups excluding carboxylic acids is 2. The van der Waals surface area contributed by atoms with E-state index >= 15 is 0 Å². The second-order valence-electron chi connectivity index (χ2n) is 7.58. The van der Waals surface area contributed by atoms with Crippen LogP contribution in [0, 0.1) is 6.92 Å². The summed E-state index contributed by atoms with van der Waals surface area (Å²) in [5.74, 6) is -0.271. The highest BCUT2D eigenvalue weighted by Gasteiger charge is 2.38. The molecule has 1 N–H and O–H groups in total. The van der Waals surface area contributed by atoms with Gasteiger partial charge < -0.3 is 10.1 Å². The van der Waals surface area contributed by atoms with E-state index in [0.717, 1.165) is 11.1 Å². The van der Waals surface area contributed by atoms with Gasteiger partial charge >= 0.3 is 5.97 Å². The maximum atomic E-state index is 12.4. The number of rotatable bonds is 7. The Morgan fingerprint density at radius 3 is 2.62 bits per heavy atom. The molecule has 1 saturated heterocycles. The number of methoxy groups -OCH3 is 1. The second-order valence-corrected chi connectivity index (χ2v) is 8.02. The molecule has 1 amide bonds. The van der Waals surface area contributed by atoms with Crippen LogP contribution in [-0.4, -0.2) is 42.5 Å². The molecule has 6 heteroatoms. The van der Waals surface area contributed by atoms with E-state index in [0.29, 0.717) is 37.4 Å². The third kappa shape index (κ3) is 6.05. The lowest BCUT2D eigenvalue weighted by Crippen LogP contribution is -2.37. The van der Waals surface area contributed by atoms with Crippen molar-refractivity contribution in [2.45, 2.75) is 44.8 Å². The van der Waals surface area contributed by atoms with Gasteiger partial charge in [0.05, 0.1) is 7.11 Å². The number of carbonyl (C=O) groups is 2. The van der Waals surface area contributed by atoms with Gasteiger partial charge in [-0.05, 0) is 43.0 Å². The van der Waals surface area contributed by atoms with Crippen LogP contribution in [0.5, 0.6) is 0 Å². The first-order chi connectivity index (χ1) is 13.9. The lowest BCUT2D eigenvalue weighted by molar-refractivity contribution is -0.146. The quantitative estimate of drug-likeness (QED) is 0.704. The number of amides is 1. The van der Waals surface area contributed by atoms with Crippen LogP contribution in [0.25, 0.3) is 0 Å². The first-order valence-electron chi connectivity index (χ1n) is 9.86. The second kappa shape index (κ2) is 9.90. The zero-order chi connectivity index (χ0) is 20.8. The van der Waals surface area contributed by atoms with Crippen molar-refractivity contribution in [1.82, 2.24) is 10.2 Å². The van der Waals surface area contributed by atoms with Crippen LogP contribution in [0.1, 0.15) is 29.5 Å². The van der Waals surface area contributed by atoms with E-state index < -0.39 is 0 Å². The van der Waals surface area contributed by atoms with E-state index in [-0.39, 0.29) is 24.0 Å². The normalized spacial score (nSPS) is 19.1. The molecule has 0 radical (unpaired) electrons. The molecular weight excluding hydrogens is 388 g/mol. The molecule has 154 valence electrons. The number of aryl methyl sites for hydroxylation is 2. The molecule has 0 aromatic heterocycles. The maximum absolute atomic E-state index is 12.4. The molecule has 2 aromatic rings. The predicted octanol–water partition coefficient (Wildman–Crippen LogP) is 3.51. The molecule has 2 aromatic carbocycles. The third-order valence-corrected chi connectivity index (χ3v) is 5.51. The molecular formula is C23H27ClN2O3. The average molecular weight is 415 g/mol. The first kappa shape index (κ1) is 21.3. The number of esters is 1. The molecule has 1 fully saturated rings. The van der Waals surface area contributed by atoms with E-state index in [2.05, 4.69) is 29.6 Å². The van der Waals surface area contributed by atoms with Crippen molar-refractivity contribution in [3.63, 3.8) is 0 Å². The van der Waals surface area contributed by atoms with Gasteiger partial charge in [0.15, 0.2) is 0 Å². The Morgan fingerprint density at radius 1 is 1.17 bits per heavy atom. The van der Waals surface area contributed by atoms with Crippen LogP contribution >= 0.6 is 11.6 Å². The number of likely N-dealkylation sites (tertiary alicyclic amines) is 1. The topological polar surface area (TPSA) is 58.6 Å². The van der Waals surface area contributed by atoms with Crippen molar-refractivity contribution in [2.75, 3.05) is 13.7 Å². The summed E-state index contributed by atoms with van der Waals surface area (Å²) >= 11 is 6.08. The number of hydrogen-bond acceptors (Lipinski definition) is 4. The minimum absolute atomic E-state index is 0.00352. The Hall–Kier alpha value is -2.37. The van der Waals surface area contributed by atoms with Gasteiger partial charge in [-0.25, -0.2) is 0 Å². The van der Waals surface area contributed by atoms with Crippen LogP contribution in [-0.2, 0) is 27.3 Å². The zero-order valence-corrected chi connectivity index (χ0v) is 17.6. The zero-order valence-electron chi connectivity index (χ0n) is 16.9. The number of nitrogens with one attached hydrogen (secondary N) is 1. The van der Waals surface area contributed by atoms with Gasteiger partial charge in [0, 0.05) is 30.6 Å². The number of hydrogen-bond donors (Lipinski definition) is 1. The van der Waals surface area contributed by atoms with E-state index in [4.69, 9.17) is 16.3 Å². The lowest BCUT2D eigenvalue weighted by atomic mass is 10.1. The number of nitrogens with zero attached hydrogens (tertiary/aromatic N) is 1. The molecule has 0 saturated carbocycles. The van der Waals surface area contributed by atoms with Crippen molar-refractivity contribution in [2.24, 2.45) is 0 Å². The SMILES string of the molecule is COC(=O)[C@@H]1C[C@@H](NC(=O)CCc2ccc(C)cc2)CN1Cc1cccc(Cl)c1. The Balaban J connectivity index is 1.57. The number of benzene rings is 2. The van der Waals surface area contributed by atoms with Crippen LogP contribution in [0.2, 0.25) is 5.02 Å². The minimum atomic E-state index is -0.374. The fourth-order valence-corrected chi connectivity index (χ4v) is 3.96. The van der Waals surface area contributed by atoms with Crippen LogP contribution in [0.4, 0.5) is 0 Å². The molecule has 1 aliphatic heterocycles. The van der Waals surface area contributed by atoms with Crippen LogP contribution in [0.15, 0.2) is 48.5 Å². The van der Waals surface area contributed by atoms with Crippen molar-refractivity contribution >= 4 is 23.5 Å². The number of ether oxygens (including phenoxy) is 1. The van der Waals surface area contributed by atoms with Crippen LogP contribution in [0.3, 0.4) is 0 Å². The Morgan fingerprint density at radius 2 is 1.93 bits per heavy atom. The number of halogens is 1. The summed E-state index contributed by atoms with van der Waals surface area (Å²) in [6, 6.07) is 15.4. The van der Waals surface area contributed by atoms with Gasteiger partial charge in [-0.1, -0.05) is 53.6 Å². The maximum Gasteiger partial charge on any atom is 0.323 e. The van der Waals surface area contributed by atoms with Crippen molar-refractivity contribution < 1.29 is 14.3 Å². The molecule has 0 spiro atoms. The molecule has 1 heterocycles. The molecule has 0 bridgehead atoms.